The molecule has 0 saturated heterocycles. The van der Waals surface area contributed by atoms with E-state index in [4.69, 9.17) is 4.74 Å². The van der Waals surface area contributed by atoms with E-state index in [9.17, 15) is 4.79 Å². The molecular weight excluding hydrogens is 258 g/mol. The van der Waals surface area contributed by atoms with E-state index in [1.54, 1.807) is 0 Å². The van der Waals surface area contributed by atoms with Gasteiger partial charge in [0.1, 0.15) is 0 Å². The number of thioether (sulfide) groups is 1. The Morgan fingerprint density at radius 3 is 2.89 bits per heavy atom. The van der Waals surface area contributed by atoms with Crippen LogP contribution < -0.4 is 5.32 Å². The van der Waals surface area contributed by atoms with Crippen molar-refractivity contribution in [1.29, 1.82) is 0 Å². The van der Waals surface area contributed by atoms with Crippen LogP contribution >= 0.6 is 11.8 Å². The third kappa shape index (κ3) is 2.46. The number of rotatable bonds is 1. The molecule has 1 aromatic rings. The fourth-order valence-corrected chi connectivity index (χ4v) is 4.40. The monoisotopic (exact) mass is 277 g/mol. The lowest BCUT2D eigenvalue weighted by molar-refractivity contribution is 0.0600. The lowest BCUT2D eigenvalue weighted by Crippen LogP contribution is -2.27. The molecule has 0 unspecified atom stereocenters. The van der Waals surface area contributed by atoms with Crippen LogP contribution in [0.4, 0.5) is 5.69 Å². The Bertz CT molecular complexity index is 495. The predicted octanol–water partition coefficient (Wildman–Crippen LogP) is 3.55. The average molecular weight is 277 g/mol. The SMILES string of the molecule is COC(=O)c1ccc2c(c1)SCC1(CCCC1)CN2. The third-order valence-corrected chi connectivity index (χ3v) is 5.66. The van der Waals surface area contributed by atoms with E-state index in [1.165, 1.54) is 37.7 Å². The van der Waals surface area contributed by atoms with Crippen molar-refractivity contribution >= 4 is 23.4 Å². The van der Waals surface area contributed by atoms with Crippen LogP contribution in [0.2, 0.25) is 0 Å². The molecule has 102 valence electrons. The van der Waals surface area contributed by atoms with E-state index in [0.717, 1.165) is 18.0 Å². The van der Waals surface area contributed by atoms with E-state index in [1.807, 2.05) is 30.0 Å². The van der Waals surface area contributed by atoms with Crippen molar-refractivity contribution in [3.63, 3.8) is 0 Å². The van der Waals surface area contributed by atoms with Gasteiger partial charge in [-0.1, -0.05) is 12.8 Å². The Morgan fingerprint density at radius 2 is 2.16 bits per heavy atom. The van der Waals surface area contributed by atoms with Crippen LogP contribution in [0.5, 0.6) is 0 Å². The van der Waals surface area contributed by atoms with Crippen LogP contribution in [0.25, 0.3) is 0 Å². The van der Waals surface area contributed by atoms with Gasteiger partial charge in [0.05, 0.1) is 12.7 Å². The number of anilines is 1. The molecule has 3 nitrogen and oxygen atoms in total. The summed E-state index contributed by atoms with van der Waals surface area (Å²) in [6, 6.07) is 5.79. The Balaban J connectivity index is 1.84. The molecule has 1 heterocycles. The molecule has 0 bridgehead atoms. The molecule has 1 aliphatic heterocycles. The molecule has 1 fully saturated rings. The predicted molar refractivity (Wildman–Crippen MR) is 77.9 cm³/mol. The van der Waals surface area contributed by atoms with Crippen LogP contribution in [-0.4, -0.2) is 25.4 Å². The number of hydrogen-bond acceptors (Lipinski definition) is 4. The first-order valence-electron chi connectivity index (χ1n) is 6.82. The summed E-state index contributed by atoms with van der Waals surface area (Å²) in [6.07, 6.45) is 5.35. The molecule has 0 amide bonds. The molecular formula is C15H19NO2S. The average Bonchev–Trinajstić information content (AvgIpc) is 2.83. The highest BCUT2D eigenvalue weighted by molar-refractivity contribution is 7.99. The van der Waals surface area contributed by atoms with Gasteiger partial charge in [-0.15, -0.1) is 11.8 Å². The van der Waals surface area contributed by atoms with Gasteiger partial charge >= 0.3 is 5.97 Å². The summed E-state index contributed by atoms with van der Waals surface area (Å²) in [5, 5.41) is 3.57. The molecule has 1 aromatic carbocycles. The number of methoxy groups -OCH3 is 1. The lowest BCUT2D eigenvalue weighted by atomic mass is 9.88. The maximum absolute atomic E-state index is 11.6. The minimum Gasteiger partial charge on any atom is -0.465 e. The van der Waals surface area contributed by atoms with Crippen LogP contribution in [-0.2, 0) is 4.74 Å². The standard InChI is InChI=1S/C15H19NO2S/c1-18-14(17)11-4-5-12-13(8-11)19-10-15(9-16-12)6-2-3-7-15/h4-5,8,16H,2-3,6-7,9-10H2,1H3. The van der Waals surface area contributed by atoms with Gasteiger partial charge in [0.15, 0.2) is 0 Å². The first-order valence-corrected chi connectivity index (χ1v) is 7.80. The number of benzene rings is 1. The van der Waals surface area contributed by atoms with E-state index in [0.29, 0.717) is 11.0 Å². The number of ether oxygens (including phenoxy) is 1. The molecule has 0 radical (unpaired) electrons. The van der Waals surface area contributed by atoms with E-state index in [2.05, 4.69) is 5.32 Å². The second kappa shape index (κ2) is 5.08. The van der Waals surface area contributed by atoms with Crippen molar-refractivity contribution in [2.45, 2.75) is 30.6 Å². The quantitative estimate of drug-likeness (QED) is 0.797. The van der Waals surface area contributed by atoms with Crippen molar-refractivity contribution in [3.05, 3.63) is 23.8 Å². The largest absolute Gasteiger partial charge is 0.465 e. The van der Waals surface area contributed by atoms with Crippen molar-refractivity contribution in [3.8, 4) is 0 Å². The normalized spacial score (nSPS) is 20.5. The second-order valence-corrected chi connectivity index (χ2v) is 6.57. The summed E-state index contributed by atoms with van der Waals surface area (Å²) in [4.78, 5) is 12.8. The zero-order chi connectivity index (χ0) is 13.3. The molecule has 2 aliphatic rings. The highest BCUT2D eigenvalue weighted by Gasteiger charge is 2.35. The number of esters is 1. The van der Waals surface area contributed by atoms with Crippen molar-refractivity contribution < 1.29 is 9.53 Å². The van der Waals surface area contributed by atoms with Crippen molar-refractivity contribution in [1.82, 2.24) is 0 Å². The molecule has 1 saturated carbocycles. The Kier molecular flexibility index (Phi) is 3.44. The number of carbonyl (C=O) groups is 1. The molecule has 3 rings (SSSR count). The van der Waals surface area contributed by atoms with E-state index >= 15 is 0 Å². The zero-order valence-electron chi connectivity index (χ0n) is 11.2. The summed E-state index contributed by atoms with van der Waals surface area (Å²) in [5.41, 5.74) is 2.24. The lowest BCUT2D eigenvalue weighted by Gasteiger charge is -2.26. The maximum Gasteiger partial charge on any atom is 0.337 e. The summed E-state index contributed by atoms with van der Waals surface area (Å²) in [6.45, 7) is 1.06. The molecule has 1 spiro atoms. The van der Waals surface area contributed by atoms with Gasteiger partial charge in [0.2, 0.25) is 0 Å². The third-order valence-electron chi connectivity index (χ3n) is 4.25. The van der Waals surface area contributed by atoms with Gasteiger partial charge in [0, 0.05) is 22.9 Å². The molecule has 0 atom stereocenters. The fourth-order valence-electron chi connectivity index (χ4n) is 3.04. The number of carbonyl (C=O) groups excluding carboxylic acids is 1. The summed E-state index contributed by atoms with van der Waals surface area (Å²) < 4.78 is 4.78. The first kappa shape index (κ1) is 12.9. The molecule has 19 heavy (non-hydrogen) atoms. The number of fused-ring (bicyclic) bond motifs is 1. The minimum absolute atomic E-state index is 0.261. The Labute approximate surface area is 118 Å². The van der Waals surface area contributed by atoms with Crippen LogP contribution in [0.1, 0.15) is 36.0 Å². The topological polar surface area (TPSA) is 38.3 Å². The Hall–Kier alpha value is -1.16. The summed E-state index contributed by atoms with van der Waals surface area (Å²) in [7, 11) is 1.42. The van der Waals surface area contributed by atoms with E-state index < -0.39 is 0 Å². The Morgan fingerprint density at radius 1 is 1.37 bits per heavy atom. The molecule has 1 aliphatic carbocycles. The highest BCUT2D eigenvalue weighted by Crippen LogP contribution is 2.46. The van der Waals surface area contributed by atoms with E-state index in [-0.39, 0.29) is 5.97 Å². The minimum atomic E-state index is -0.261. The maximum atomic E-state index is 11.6. The van der Waals surface area contributed by atoms with Crippen LogP contribution in [0.15, 0.2) is 23.1 Å². The van der Waals surface area contributed by atoms with Gasteiger partial charge in [-0.25, -0.2) is 4.79 Å². The van der Waals surface area contributed by atoms with Crippen LogP contribution in [0, 0.1) is 5.41 Å². The van der Waals surface area contributed by atoms with Gasteiger partial charge in [-0.05, 0) is 36.5 Å². The molecule has 4 heteroatoms. The summed E-state index contributed by atoms with van der Waals surface area (Å²) in [5.74, 6) is 0.890. The highest BCUT2D eigenvalue weighted by atomic mass is 32.2. The fraction of sp³-hybridized carbons (Fsp3) is 0.533. The van der Waals surface area contributed by atoms with Crippen molar-refractivity contribution in [2.24, 2.45) is 5.41 Å². The summed E-state index contributed by atoms with van der Waals surface area (Å²) >= 11 is 1.88. The van der Waals surface area contributed by atoms with Crippen molar-refractivity contribution in [2.75, 3.05) is 24.7 Å². The molecule has 0 aromatic heterocycles. The van der Waals surface area contributed by atoms with Gasteiger partial charge in [0.25, 0.3) is 0 Å². The second-order valence-electron chi connectivity index (χ2n) is 5.55. The van der Waals surface area contributed by atoms with Gasteiger partial charge in [-0.3, -0.25) is 0 Å². The molecule has 1 N–H and O–H groups in total. The van der Waals surface area contributed by atoms with Gasteiger partial charge < -0.3 is 10.1 Å². The zero-order valence-corrected chi connectivity index (χ0v) is 12.0. The first-order chi connectivity index (χ1) is 9.22. The smallest absolute Gasteiger partial charge is 0.337 e. The van der Waals surface area contributed by atoms with Crippen LogP contribution in [0.3, 0.4) is 0 Å². The number of nitrogens with one attached hydrogen (secondary N) is 1. The number of hydrogen-bond donors (Lipinski definition) is 1. The van der Waals surface area contributed by atoms with Gasteiger partial charge in [-0.2, -0.15) is 0 Å².